The first kappa shape index (κ1) is 30.0. The summed E-state index contributed by atoms with van der Waals surface area (Å²) in [5.74, 6) is 0.154. The third-order valence-corrected chi connectivity index (χ3v) is 8.72. The van der Waals surface area contributed by atoms with Crippen LogP contribution in [0.1, 0.15) is 22.5 Å². The molecule has 0 saturated carbocycles. The van der Waals surface area contributed by atoms with E-state index < -0.39 is 27.8 Å². The van der Waals surface area contributed by atoms with E-state index >= 15 is 0 Å². The number of halogens is 4. The normalized spacial score (nSPS) is 14.5. The van der Waals surface area contributed by atoms with Crippen LogP contribution in [-0.4, -0.2) is 23.1 Å². The number of nitrogens with one attached hydrogen (secondary N) is 1. The summed E-state index contributed by atoms with van der Waals surface area (Å²) < 4.78 is 68.9. The Labute approximate surface area is 262 Å². The molecule has 1 aliphatic rings. The molecule has 0 unspecified atom stereocenters. The first-order valence-corrected chi connectivity index (χ1v) is 15.4. The van der Waals surface area contributed by atoms with E-state index in [9.17, 15) is 26.7 Å². The first-order chi connectivity index (χ1) is 21.5. The molecule has 0 spiro atoms. The largest absolute Gasteiger partial charge is 0.493 e. The van der Waals surface area contributed by atoms with Gasteiger partial charge in [0.15, 0.2) is 0 Å². The molecule has 7 nitrogen and oxygen atoms in total. The first-order valence-electron chi connectivity index (χ1n) is 13.6. The number of alkyl halides is 3. The summed E-state index contributed by atoms with van der Waals surface area (Å²) in [6.45, 7) is 0.401. The zero-order chi connectivity index (χ0) is 31.8. The number of aromatic nitrogens is 2. The van der Waals surface area contributed by atoms with Gasteiger partial charge in [-0.15, -0.1) is 0 Å². The highest BCUT2D eigenvalue weighted by Crippen LogP contribution is 2.33. The molecule has 0 amide bonds. The van der Waals surface area contributed by atoms with Crippen molar-refractivity contribution in [3.63, 3.8) is 0 Å². The van der Waals surface area contributed by atoms with Crippen LogP contribution in [0.25, 0.3) is 34.5 Å². The van der Waals surface area contributed by atoms with Crippen molar-refractivity contribution < 1.29 is 26.7 Å². The van der Waals surface area contributed by atoms with Gasteiger partial charge in [0.2, 0.25) is 5.88 Å². The average Bonchev–Trinajstić information content (AvgIpc) is 3.54. The second kappa shape index (κ2) is 11.8. The lowest BCUT2D eigenvalue weighted by atomic mass is 10.0. The number of benzene rings is 4. The SMILES string of the molecule is O=S1(=O)NC(O)=CN1c1ccc(Cn2cc(-c3ccccc3Cl)nc2C=Cc2ccc(-c3cccc(C(F)(F)F)c3)cc2)cc1. The minimum atomic E-state index is -4.42. The van der Waals surface area contributed by atoms with Crippen molar-refractivity contribution in [2.45, 2.75) is 12.7 Å². The van der Waals surface area contributed by atoms with Gasteiger partial charge in [-0.05, 0) is 58.7 Å². The lowest BCUT2D eigenvalue weighted by Crippen LogP contribution is -2.29. The van der Waals surface area contributed by atoms with Gasteiger partial charge in [-0.25, -0.2) is 14.0 Å². The molecule has 1 aromatic heterocycles. The number of aliphatic hydroxyl groups excluding tert-OH is 1. The van der Waals surface area contributed by atoms with Crippen LogP contribution in [0.15, 0.2) is 115 Å². The predicted octanol–water partition coefficient (Wildman–Crippen LogP) is 8.12. The fraction of sp³-hybridized carbons (Fsp3) is 0.0606. The standard InChI is InChI=1S/C33H24ClF3N4O3S/c34-29-7-2-1-6-28(29)30-20-40(19-23-10-15-27(16-11-23)41-21-32(42)39-45(41,43)44)31(38-30)17-12-22-8-13-24(14-9-22)25-4-3-5-26(18-25)33(35,36)37/h1-18,20-21,39,42H,19H2. The molecule has 0 bridgehead atoms. The van der Waals surface area contributed by atoms with Crippen LogP contribution >= 0.6 is 11.6 Å². The van der Waals surface area contributed by atoms with E-state index in [-0.39, 0.29) is 0 Å². The van der Waals surface area contributed by atoms with Gasteiger partial charge < -0.3 is 9.67 Å². The molecular formula is C33H24ClF3N4O3S. The summed E-state index contributed by atoms with van der Waals surface area (Å²) in [7, 11) is -3.90. The maximum Gasteiger partial charge on any atom is 0.416 e. The van der Waals surface area contributed by atoms with Crippen molar-refractivity contribution in [2.75, 3.05) is 4.31 Å². The molecule has 6 rings (SSSR count). The number of imidazole rings is 1. The Morgan fingerprint density at radius 2 is 1.62 bits per heavy atom. The Morgan fingerprint density at radius 3 is 2.29 bits per heavy atom. The predicted molar refractivity (Wildman–Crippen MR) is 169 cm³/mol. The van der Waals surface area contributed by atoms with E-state index in [4.69, 9.17) is 16.6 Å². The summed E-state index contributed by atoms with van der Waals surface area (Å²) in [5, 5.41) is 10.1. The van der Waals surface area contributed by atoms with Gasteiger partial charge in [0.05, 0.1) is 28.2 Å². The van der Waals surface area contributed by atoms with Gasteiger partial charge in [-0.3, -0.25) is 0 Å². The van der Waals surface area contributed by atoms with Crippen molar-refractivity contribution in [3.8, 4) is 22.4 Å². The molecule has 0 saturated heterocycles. The highest BCUT2D eigenvalue weighted by Gasteiger charge is 2.30. The van der Waals surface area contributed by atoms with Gasteiger partial charge in [-0.2, -0.15) is 21.6 Å². The molecule has 1 aliphatic heterocycles. The Bertz CT molecular complexity index is 2040. The van der Waals surface area contributed by atoms with E-state index in [0.717, 1.165) is 39.3 Å². The second-order valence-corrected chi connectivity index (χ2v) is 12.2. The summed E-state index contributed by atoms with van der Waals surface area (Å²) in [6.07, 6.45) is 2.24. The van der Waals surface area contributed by atoms with E-state index in [1.807, 2.05) is 58.0 Å². The van der Waals surface area contributed by atoms with Crippen LogP contribution in [0.4, 0.5) is 18.9 Å². The van der Waals surface area contributed by atoms with Crippen LogP contribution < -0.4 is 9.03 Å². The molecule has 5 aromatic rings. The zero-order valence-electron chi connectivity index (χ0n) is 23.3. The molecular weight excluding hydrogens is 625 g/mol. The smallest absolute Gasteiger partial charge is 0.416 e. The van der Waals surface area contributed by atoms with Gasteiger partial charge in [0, 0.05) is 18.3 Å². The minimum absolute atomic E-state index is 0.353. The second-order valence-electron chi connectivity index (χ2n) is 10.2. The third-order valence-electron chi connectivity index (χ3n) is 7.09. The summed E-state index contributed by atoms with van der Waals surface area (Å²) >= 11 is 6.46. The number of aliphatic hydroxyl groups is 1. The quantitative estimate of drug-likeness (QED) is 0.187. The summed E-state index contributed by atoms with van der Waals surface area (Å²) in [5.41, 5.74) is 3.88. The molecule has 0 fully saturated rings. The molecule has 2 N–H and O–H groups in total. The van der Waals surface area contributed by atoms with Gasteiger partial charge in [-0.1, -0.05) is 84.4 Å². The lowest BCUT2D eigenvalue weighted by Gasteiger charge is -2.14. The summed E-state index contributed by atoms with van der Waals surface area (Å²) in [4.78, 5) is 4.81. The highest BCUT2D eigenvalue weighted by atomic mass is 35.5. The molecule has 0 atom stereocenters. The number of nitrogens with zero attached hydrogens (tertiary/aromatic N) is 3. The molecule has 4 aromatic carbocycles. The van der Waals surface area contributed by atoms with Gasteiger partial charge in [0.1, 0.15) is 5.82 Å². The van der Waals surface area contributed by atoms with Crippen molar-refractivity contribution in [1.82, 2.24) is 14.3 Å². The fourth-order valence-electron chi connectivity index (χ4n) is 4.87. The molecule has 45 heavy (non-hydrogen) atoms. The fourth-order valence-corrected chi connectivity index (χ4v) is 6.15. The van der Waals surface area contributed by atoms with Gasteiger partial charge >= 0.3 is 16.4 Å². The van der Waals surface area contributed by atoms with Crippen molar-refractivity contribution >= 4 is 39.6 Å². The Kier molecular flexibility index (Phi) is 7.90. The van der Waals surface area contributed by atoms with E-state index in [2.05, 4.69) is 0 Å². The molecule has 2 heterocycles. The van der Waals surface area contributed by atoms with Crippen LogP contribution in [0, 0.1) is 0 Å². The number of hydrogen-bond donors (Lipinski definition) is 2. The van der Waals surface area contributed by atoms with Gasteiger partial charge in [0.25, 0.3) is 0 Å². The molecule has 0 aliphatic carbocycles. The number of rotatable bonds is 7. The van der Waals surface area contributed by atoms with Crippen molar-refractivity contribution in [1.29, 1.82) is 0 Å². The monoisotopic (exact) mass is 648 g/mol. The third kappa shape index (κ3) is 6.59. The van der Waals surface area contributed by atoms with Crippen LogP contribution in [0.2, 0.25) is 5.02 Å². The average molecular weight is 649 g/mol. The van der Waals surface area contributed by atoms with Crippen LogP contribution in [0.3, 0.4) is 0 Å². The maximum absolute atomic E-state index is 13.2. The Hall–Kier alpha value is -5.00. The molecule has 228 valence electrons. The van der Waals surface area contributed by atoms with E-state index in [1.54, 1.807) is 48.5 Å². The molecule has 12 heteroatoms. The minimum Gasteiger partial charge on any atom is -0.493 e. The van der Waals surface area contributed by atoms with Crippen molar-refractivity contribution in [3.05, 3.63) is 143 Å². The van der Waals surface area contributed by atoms with Crippen molar-refractivity contribution in [2.24, 2.45) is 0 Å². The lowest BCUT2D eigenvalue weighted by molar-refractivity contribution is -0.137. The Morgan fingerprint density at radius 1 is 0.889 bits per heavy atom. The highest BCUT2D eigenvalue weighted by molar-refractivity contribution is 7.91. The zero-order valence-corrected chi connectivity index (χ0v) is 24.9. The number of hydrogen-bond acceptors (Lipinski definition) is 4. The Balaban J connectivity index is 1.27. The molecule has 0 radical (unpaired) electrons. The van der Waals surface area contributed by atoms with Crippen LogP contribution in [-0.2, 0) is 22.9 Å². The van der Waals surface area contributed by atoms with Crippen LogP contribution in [0.5, 0.6) is 0 Å². The topological polar surface area (TPSA) is 87.5 Å². The van der Waals surface area contributed by atoms with E-state index in [1.165, 1.54) is 6.07 Å². The van der Waals surface area contributed by atoms with E-state index in [0.29, 0.717) is 39.9 Å². The maximum atomic E-state index is 13.2. The number of anilines is 1. The summed E-state index contributed by atoms with van der Waals surface area (Å²) in [6, 6.07) is 26.6.